The number of carbonyl (C=O) groups excluding carboxylic acids is 1. The lowest BCUT2D eigenvalue weighted by Gasteiger charge is -2.21. The molecule has 0 bridgehead atoms. The van der Waals surface area contributed by atoms with Crippen LogP contribution < -0.4 is 11.1 Å². The van der Waals surface area contributed by atoms with Crippen molar-refractivity contribution in [2.45, 2.75) is 25.7 Å². The Bertz CT molecular complexity index is 212. The standard InChI is InChI=1S/C9H17N3O2/c10-9(11)14-8(13)2-1-7-3-5-12-6-4-7/h7,12H,1-6H2,(H3,10,11). The van der Waals surface area contributed by atoms with Crippen LogP contribution in [0.3, 0.4) is 0 Å². The third-order valence-corrected chi connectivity index (χ3v) is 2.44. The highest BCUT2D eigenvalue weighted by molar-refractivity contribution is 5.84. The van der Waals surface area contributed by atoms with Crippen molar-refractivity contribution in [3.05, 3.63) is 0 Å². The molecule has 4 N–H and O–H groups in total. The summed E-state index contributed by atoms with van der Waals surface area (Å²) < 4.78 is 4.45. The Kier molecular flexibility index (Phi) is 4.39. The van der Waals surface area contributed by atoms with Crippen LogP contribution in [0.25, 0.3) is 0 Å². The fourth-order valence-corrected chi connectivity index (χ4v) is 1.67. The van der Waals surface area contributed by atoms with Gasteiger partial charge in [-0.25, -0.2) is 0 Å². The summed E-state index contributed by atoms with van der Waals surface area (Å²) in [5.74, 6) is 0.215. The first-order valence-electron chi connectivity index (χ1n) is 4.94. The number of carbonyl (C=O) groups is 1. The first-order valence-corrected chi connectivity index (χ1v) is 4.94. The average Bonchev–Trinajstić information content (AvgIpc) is 2.15. The summed E-state index contributed by atoms with van der Waals surface area (Å²) in [5.41, 5.74) is 4.93. The zero-order valence-electron chi connectivity index (χ0n) is 8.21. The topological polar surface area (TPSA) is 88.2 Å². The van der Waals surface area contributed by atoms with Crippen molar-refractivity contribution < 1.29 is 9.53 Å². The molecule has 1 heterocycles. The van der Waals surface area contributed by atoms with Crippen molar-refractivity contribution in [3.8, 4) is 0 Å². The third-order valence-electron chi connectivity index (χ3n) is 2.44. The molecule has 5 nitrogen and oxygen atoms in total. The van der Waals surface area contributed by atoms with Gasteiger partial charge in [-0.15, -0.1) is 0 Å². The predicted octanol–water partition coefficient (Wildman–Crippen LogP) is 0.203. The van der Waals surface area contributed by atoms with Crippen molar-refractivity contribution >= 4 is 12.0 Å². The van der Waals surface area contributed by atoms with Gasteiger partial charge in [0.15, 0.2) is 0 Å². The molecule has 80 valence electrons. The fraction of sp³-hybridized carbons (Fsp3) is 0.778. The van der Waals surface area contributed by atoms with Gasteiger partial charge in [0.2, 0.25) is 0 Å². The number of nitrogens with one attached hydrogen (secondary N) is 2. The molecule has 1 fully saturated rings. The largest absolute Gasteiger partial charge is 0.393 e. The Hall–Kier alpha value is -1.10. The van der Waals surface area contributed by atoms with Gasteiger partial charge in [0, 0.05) is 6.42 Å². The van der Waals surface area contributed by atoms with E-state index in [-0.39, 0.29) is 0 Å². The molecule has 0 aromatic rings. The summed E-state index contributed by atoms with van der Waals surface area (Å²) in [4.78, 5) is 11.0. The summed E-state index contributed by atoms with van der Waals surface area (Å²) in [7, 11) is 0. The fourth-order valence-electron chi connectivity index (χ4n) is 1.67. The molecular formula is C9H17N3O2. The molecule has 0 spiro atoms. The maximum atomic E-state index is 11.0. The zero-order chi connectivity index (χ0) is 10.4. The number of ether oxygens (including phenoxy) is 1. The summed E-state index contributed by atoms with van der Waals surface area (Å²) in [6.07, 6.45) is 3.44. The number of piperidine rings is 1. The molecule has 0 aliphatic carbocycles. The van der Waals surface area contributed by atoms with Crippen LogP contribution in [0.5, 0.6) is 0 Å². The summed E-state index contributed by atoms with van der Waals surface area (Å²) in [6, 6.07) is -0.514. The lowest BCUT2D eigenvalue weighted by atomic mass is 9.93. The van der Waals surface area contributed by atoms with Crippen molar-refractivity contribution in [1.82, 2.24) is 5.32 Å². The molecule has 1 rings (SSSR count). The van der Waals surface area contributed by atoms with Gasteiger partial charge in [-0.1, -0.05) is 0 Å². The molecule has 0 unspecified atom stereocenters. The minimum Gasteiger partial charge on any atom is -0.393 e. The van der Waals surface area contributed by atoms with Crippen LogP contribution in [0.2, 0.25) is 0 Å². The maximum absolute atomic E-state index is 11.0. The van der Waals surface area contributed by atoms with E-state index in [4.69, 9.17) is 11.1 Å². The Balaban J connectivity index is 2.12. The second kappa shape index (κ2) is 5.59. The maximum Gasteiger partial charge on any atom is 0.313 e. The molecule has 0 aromatic carbocycles. The summed E-state index contributed by atoms with van der Waals surface area (Å²) >= 11 is 0. The lowest BCUT2D eigenvalue weighted by Crippen LogP contribution is -2.28. The molecule has 0 radical (unpaired) electrons. The van der Waals surface area contributed by atoms with Gasteiger partial charge >= 0.3 is 5.97 Å². The van der Waals surface area contributed by atoms with Crippen molar-refractivity contribution in [2.24, 2.45) is 11.7 Å². The van der Waals surface area contributed by atoms with Gasteiger partial charge in [0.05, 0.1) is 0 Å². The highest BCUT2D eigenvalue weighted by atomic mass is 16.5. The molecule has 5 heteroatoms. The second-order valence-electron chi connectivity index (χ2n) is 3.57. The van der Waals surface area contributed by atoms with E-state index in [1.807, 2.05) is 0 Å². The van der Waals surface area contributed by atoms with Crippen LogP contribution >= 0.6 is 0 Å². The third kappa shape index (κ3) is 4.23. The van der Waals surface area contributed by atoms with E-state index in [9.17, 15) is 4.79 Å². The predicted molar refractivity (Wildman–Crippen MR) is 52.8 cm³/mol. The number of nitrogens with two attached hydrogens (primary N) is 1. The summed E-state index contributed by atoms with van der Waals surface area (Å²) in [5, 5.41) is 10.0. The van der Waals surface area contributed by atoms with Crippen LogP contribution in [-0.4, -0.2) is 25.1 Å². The quantitative estimate of drug-likeness (QED) is 0.344. The SMILES string of the molecule is N=C(N)OC(=O)CCC1CCNCC1. The van der Waals surface area contributed by atoms with Crippen LogP contribution in [0, 0.1) is 11.3 Å². The van der Waals surface area contributed by atoms with E-state index in [0.717, 1.165) is 32.4 Å². The Labute approximate surface area is 83.5 Å². The van der Waals surface area contributed by atoms with Crippen LogP contribution in [-0.2, 0) is 9.53 Å². The van der Waals surface area contributed by atoms with E-state index in [0.29, 0.717) is 12.3 Å². The van der Waals surface area contributed by atoms with E-state index in [1.54, 1.807) is 0 Å². The number of hydrogen-bond donors (Lipinski definition) is 3. The van der Waals surface area contributed by atoms with Gasteiger partial charge in [-0.3, -0.25) is 10.2 Å². The number of hydrogen-bond acceptors (Lipinski definition) is 4. The van der Waals surface area contributed by atoms with Crippen LogP contribution in [0.4, 0.5) is 0 Å². The molecule has 0 amide bonds. The first kappa shape index (κ1) is 11.0. The number of rotatable bonds is 3. The van der Waals surface area contributed by atoms with Gasteiger partial charge in [0.25, 0.3) is 6.02 Å². The molecule has 1 saturated heterocycles. The monoisotopic (exact) mass is 199 g/mol. The summed E-state index contributed by atoms with van der Waals surface area (Å²) in [6.45, 7) is 2.07. The molecule has 0 aromatic heterocycles. The van der Waals surface area contributed by atoms with Gasteiger partial charge in [-0.2, -0.15) is 0 Å². The van der Waals surface area contributed by atoms with E-state index >= 15 is 0 Å². The minimum atomic E-state index is -0.514. The van der Waals surface area contributed by atoms with Crippen molar-refractivity contribution in [3.63, 3.8) is 0 Å². The highest BCUT2D eigenvalue weighted by Crippen LogP contribution is 2.17. The van der Waals surface area contributed by atoms with E-state index in [1.165, 1.54) is 0 Å². The highest BCUT2D eigenvalue weighted by Gasteiger charge is 2.15. The first-order chi connectivity index (χ1) is 6.68. The van der Waals surface area contributed by atoms with Gasteiger partial charge in [-0.05, 0) is 38.3 Å². The Morgan fingerprint density at radius 1 is 1.50 bits per heavy atom. The smallest absolute Gasteiger partial charge is 0.313 e. The van der Waals surface area contributed by atoms with E-state index < -0.39 is 12.0 Å². The lowest BCUT2D eigenvalue weighted by molar-refractivity contribution is -0.136. The molecular weight excluding hydrogens is 182 g/mol. The minimum absolute atomic E-state index is 0.365. The Morgan fingerprint density at radius 2 is 2.14 bits per heavy atom. The molecule has 1 aliphatic rings. The van der Waals surface area contributed by atoms with Crippen LogP contribution in [0.1, 0.15) is 25.7 Å². The number of amidine groups is 1. The van der Waals surface area contributed by atoms with Crippen LogP contribution in [0.15, 0.2) is 0 Å². The normalized spacial score (nSPS) is 17.7. The Morgan fingerprint density at radius 3 is 2.71 bits per heavy atom. The van der Waals surface area contributed by atoms with Gasteiger partial charge < -0.3 is 15.8 Å². The zero-order valence-corrected chi connectivity index (χ0v) is 8.21. The van der Waals surface area contributed by atoms with Gasteiger partial charge in [0.1, 0.15) is 0 Å². The second-order valence-corrected chi connectivity index (χ2v) is 3.57. The van der Waals surface area contributed by atoms with E-state index in [2.05, 4.69) is 10.1 Å². The molecule has 14 heavy (non-hydrogen) atoms. The molecule has 0 atom stereocenters. The molecule has 0 saturated carbocycles. The number of esters is 1. The average molecular weight is 199 g/mol. The molecule has 1 aliphatic heterocycles. The van der Waals surface area contributed by atoms with Crippen molar-refractivity contribution in [1.29, 1.82) is 5.41 Å². The van der Waals surface area contributed by atoms with Crippen molar-refractivity contribution in [2.75, 3.05) is 13.1 Å².